The van der Waals surface area contributed by atoms with Crippen LogP contribution < -0.4 is 15.4 Å². The Hall–Kier alpha value is -3.91. The van der Waals surface area contributed by atoms with Gasteiger partial charge in [0.15, 0.2) is 0 Å². The fraction of sp³-hybridized carbons (Fsp3) is 0.154. The Balaban J connectivity index is 1.47. The highest BCUT2D eigenvalue weighted by Crippen LogP contribution is 2.23. The minimum Gasteiger partial charge on any atom is -0.340 e. The third kappa shape index (κ3) is 5.71. The normalized spacial score (nSPS) is 11.2. The third-order valence-electron chi connectivity index (χ3n) is 5.19. The lowest BCUT2D eigenvalue weighted by molar-refractivity contribution is 0.600. The maximum atomic E-state index is 12.8. The molecule has 0 unspecified atom stereocenters. The maximum Gasteiger partial charge on any atom is 0.262 e. The molecule has 4 rings (SSSR count). The summed E-state index contributed by atoms with van der Waals surface area (Å²) < 4.78 is 28.2. The highest BCUT2D eigenvalue weighted by molar-refractivity contribution is 7.92. The van der Waals surface area contributed by atoms with Crippen molar-refractivity contribution in [2.75, 3.05) is 15.4 Å². The predicted octanol–water partition coefficient (Wildman–Crippen LogP) is 6.00. The Labute approximate surface area is 200 Å². The first-order chi connectivity index (χ1) is 16.2. The average molecular weight is 474 g/mol. The van der Waals surface area contributed by atoms with Crippen LogP contribution >= 0.6 is 0 Å². The molecule has 4 aromatic rings. The largest absolute Gasteiger partial charge is 0.340 e. The third-order valence-corrected chi connectivity index (χ3v) is 6.73. The van der Waals surface area contributed by atoms with E-state index in [2.05, 4.69) is 25.3 Å². The molecule has 8 heteroatoms. The van der Waals surface area contributed by atoms with Crippen LogP contribution in [-0.2, 0) is 10.0 Å². The molecule has 0 spiro atoms. The molecule has 0 bridgehead atoms. The number of rotatable bonds is 7. The van der Waals surface area contributed by atoms with E-state index in [1.54, 1.807) is 43.3 Å². The first kappa shape index (κ1) is 23.3. The second kappa shape index (κ2) is 9.52. The minimum atomic E-state index is -3.68. The lowest BCUT2D eigenvalue weighted by Crippen LogP contribution is -2.14. The summed E-state index contributed by atoms with van der Waals surface area (Å²) in [7, 11) is -3.68. The number of hydrogen-bond donors (Lipinski definition) is 3. The highest BCUT2D eigenvalue weighted by Gasteiger charge is 2.17. The van der Waals surface area contributed by atoms with Gasteiger partial charge in [-0.25, -0.2) is 13.4 Å². The number of aromatic nitrogens is 2. The molecule has 0 aliphatic carbocycles. The number of hydrogen-bond acceptors (Lipinski definition) is 6. The zero-order valence-corrected chi connectivity index (χ0v) is 20.4. The highest BCUT2D eigenvalue weighted by atomic mass is 32.2. The second-order valence-corrected chi connectivity index (χ2v) is 9.94. The van der Waals surface area contributed by atoms with Gasteiger partial charge in [0, 0.05) is 28.8 Å². The molecule has 0 fully saturated rings. The minimum absolute atomic E-state index is 0.266. The van der Waals surface area contributed by atoms with Gasteiger partial charge < -0.3 is 10.6 Å². The van der Waals surface area contributed by atoms with Gasteiger partial charge in [-0.15, -0.1) is 0 Å². The molecule has 0 saturated heterocycles. The molecule has 3 N–H and O–H groups in total. The van der Waals surface area contributed by atoms with Gasteiger partial charge in [0.2, 0.25) is 5.95 Å². The van der Waals surface area contributed by atoms with E-state index in [0.717, 1.165) is 22.6 Å². The van der Waals surface area contributed by atoms with E-state index >= 15 is 0 Å². The van der Waals surface area contributed by atoms with E-state index in [-0.39, 0.29) is 4.90 Å². The summed E-state index contributed by atoms with van der Waals surface area (Å²) in [5, 5.41) is 6.47. The number of nitrogens with zero attached hydrogens (tertiary/aromatic N) is 2. The Bertz CT molecular complexity index is 1420. The predicted molar refractivity (Wildman–Crippen MR) is 138 cm³/mol. The summed E-state index contributed by atoms with van der Waals surface area (Å²) in [4.78, 5) is 9.26. The molecule has 1 aromatic heterocycles. The lowest BCUT2D eigenvalue weighted by Gasteiger charge is -2.12. The number of sulfonamides is 1. The fourth-order valence-corrected chi connectivity index (χ4v) is 4.82. The van der Waals surface area contributed by atoms with Crippen LogP contribution in [0.3, 0.4) is 0 Å². The Morgan fingerprint density at radius 1 is 0.647 bits per heavy atom. The van der Waals surface area contributed by atoms with Crippen LogP contribution in [0.4, 0.5) is 28.8 Å². The summed E-state index contributed by atoms with van der Waals surface area (Å²) in [6.07, 6.45) is 0. The molecule has 0 aliphatic rings. The summed E-state index contributed by atoms with van der Waals surface area (Å²) in [5.74, 6) is 1.12. The van der Waals surface area contributed by atoms with Gasteiger partial charge in [-0.3, -0.25) is 4.72 Å². The van der Waals surface area contributed by atoms with Gasteiger partial charge in [-0.2, -0.15) is 4.98 Å². The molecule has 7 nitrogen and oxygen atoms in total. The van der Waals surface area contributed by atoms with E-state index in [4.69, 9.17) is 0 Å². The second-order valence-electron chi connectivity index (χ2n) is 8.29. The summed E-state index contributed by atoms with van der Waals surface area (Å²) in [5.41, 5.74) is 5.87. The van der Waals surface area contributed by atoms with Gasteiger partial charge in [0.1, 0.15) is 5.82 Å². The van der Waals surface area contributed by atoms with Crippen LogP contribution in [0.1, 0.15) is 22.4 Å². The molecule has 174 valence electrons. The van der Waals surface area contributed by atoms with Crippen molar-refractivity contribution in [2.45, 2.75) is 32.6 Å². The van der Waals surface area contributed by atoms with Gasteiger partial charge in [0.25, 0.3) is 10.0 Å². The lowest BCUT2D eigenvalue weighted by atomic mass is 10.2. The van der Waals surface area contributed by atoms with E-state index in [1.165, 1.54) is 5.56 Å². The molecule has 0 radical (unpaired) electrons. The number of nitrogens with one attached hydrogen (secondary N) is 3. The molecular formula is C26H27N5O2S. The Kier molecular flexibility index (Phi) is 6.51. The van der Waals surface area contributed by atoms with Crippen LogP contribution in [0.15, 0.2) is 77.7 Å². The van der Waals surface area contributed by atoms with E-state index in [1.807, 2.05) is 57.2 Å². The van der Waals surface area contributed by atoms with Gasteiger partial charge in [0.05, 0.1) is 4.90 Å². The van der Waals surface area contributed by atoms with E-state index < -0.39 is 10.0 Å². The Morgan fingerprint density at radius 3 is 1.91 bits per heavy atom. The Morgan fingerprint density at radius 2 is 1.24 bits per heavy atom. The van der Waals surface area contributed by atoms with Gasteiger partial charge in [-0.05, 0) is 75.7 Å². The zero-order valence-electron chi connectivity index (χ0n) is 19.5. The van der Waals surface area contributed by atoms with Crippen LogP contribution in [0.25, 0.3) is 0 Å². The van der Waals surface area contributed by atoms with Crippen molar-refractivity contribution in [3.63, 3.8) is 0 Å². The van der Waals surface area contributed by atoms with Crippen molar-refractivity contribution >= 4 is 38.9 Å². The monoisotopic (exact) mass is 473 g/mol. The molecule has 0 saturated carbocycles. The molecule has 1 heterocycles. The number of anilines is 5. The van der Waals surface area contributed by atoms with Crippen molar-refractivity contribution in [1.82, 2.24) is 9.97 Å². The van der Waals surface area contributed by atoms with Crippen LogP contribution in [0, 0.1) is 27.7 Å². The van der Waals surface area contributed by atoms with E-state index in [0.29, 0.717) is 23.0 Å². The number of aryl methyl sites for hydroxylation is 4. The maximum absolute atomic E-state index is 12.8. The number of benzene rings is 3. The fourth-order valence-electron chi connectivity index (χ4n) is 3.53. The standard InChI is InChI=1S/C26H27N5O2S/c1-17-5-8-21(9-6-17)28-25-16-20(4)27-26(30-25)29-22-10-12-23(13-11-22)31-34(32,33)24-14-7-18(2)15-19(24)3/h5-16,31H,1-4H3,(H2,27,28,29,30). The quantitative estimate of drug-likeness (QED) is 0.305. The molecule has 3 aromatic carbocycles. The summed E-state index contributed by atoms with van der Waals surface area (Å²) in [6.45, 7) is 7.67. The van der Waals surface area contributed by atoms with Crippen LogP contribution in [0.2, 0.25) is 0 Å². The molecule has 0 atom stereocenters. The van der Waals surface area contributed by atoms with Crippen molar-refractivity contribution < 1.29 is 8.42 Å². The smallest absolute Gasteiger partial charge is 0.262 e. The first-order valence-corrected chi connectivity index (χ1v) is 12.3. The van der Waals surface area contributed by atoms with Gasteiger partial charge in [-0.1, -0.05) is 35.4 Å². The SMILES string of the molecule is Cc1ccc(Nc2cc(C)nc(Nc3ccc(NS(=O)(=O)c4ccc(C)cc4C)cc3)n2)cc1. The zero-order chi connectivity index (χ0) is 24.3. The van der Waals surface area contributed by atoms with Crippen molar-refractivity contribution in [3.05, 3.63) is 95.2 Å². The molecule has 0 aliphatic heterocycles. The molecule has 34 heavy (non-hydrogen) atoms. The van der Waals surface area contributed by atoms with Gasteiger partial charge >= 0.3 is 0 Å². The van der Waals surface area contributed by atoms with Crippen LogP contribution in [0.5, 0.6) is 0 Å². The van der Waals surface area contributed by atoms with Crippen molar-refractivity contribution in [3.8, 4) is 0 Å². The molecule has 0 amide bonds. The molecular weight excluding hydrogens is 446 g/mol. The first-order valence-electron chi connectivity index (χ1n) is 10.8. The van der Waals surface area contributed by atoms with Crippen LogP contribution in [-0.4, -0.2) is 18.4 Å². The summed E-state index contributed by atoms with van der Waals surface area (Å²) in [6, 6.07) is 22.2. The topological polar surface area (TPSA) is 96.0 Å². The average Bonchev–Trinajstić information content (AvgIpc) is 2.76. The summed E-state index contributed by atoms with van der Waals surface area (Å²) >= 11 is 0. The van der Waals surface area contributed by atoms with Crippen molar-refractivity contribution in [2.24, 2.45) is 0 Å². The van der Waals surface area contributed by atoms with E-state index in [9.17, 15) is 8.42 Å². The van der Waals surface area contributed by atoms with Crippen molar-refractivity contribution in [1.29, 1.82) is 0 Å².